The first-order chi connectivity index (χ1) is 8.89. The van der Waals surface area contributed by atoms with Crippen molar-refractivity contribution in [3.05, 3.63) is 24.0 Å². The van der Waals surface area contributed by atoms with Crippen LogP contribution in [0.15, 0.2) is 18.3 Å². The molecule has 1 aromatic rings. The highest BCUT2D eigenvalue weighted by Gasteiger charge is 2.10. The lowest BCUT2D eigenvalue weighted by molar-refractivity contribution is 0.561. The molecule has 0 atom stereocenters. The van der Waals surface area contributed by atoms with Crippen molar-refractivity contribution in [1.29, 1.82) is 0 Å². The summed E-state index contributed by atoms with van der Waals surface area (Å²) in [5.74, 6) is 0.140. The molecular weight excluding hydrogens is 262 g/mol. The van der Waals surface area contributed by atoms with Gasteiger partial charge in [0.25, 0.3) is 0 Å². The van der Waals surface area contributed by atoms with Crippen LogP contribution in [0.3, 0.4) is 0 Å². The van der Waals surface area contributed by atoms with Crippen molar-refractivity contribution in [3.63, 3.8) is 0 Å². The van der Waals surface area contributed by atoms with Crippen LogP contribution in [-0.4, -0.2) is 31.7 Å². The predicted molar refractivity (Wildman–Crippen MR) is 78.8 cm³/mol. The molecule has 0 unspecified atom stereocenters. The van der Waals surface area contributed by atoms with E-state index in [1.54, 1.807) is 12.1 Å². The van der Waals surface area contributed by atoms with Gasteiger partial charge >= 0.3 is 0 Å². The fourth-order valence-electron chi connectivity index (χ4n) is 1.57. The number of hydrogen-bond donors (Lipinski definition) is 2. The van der Waals surface area contributed by atoms with Crippen LogP contribution < -0.4 is 10.0 Å². The third kappa shape index (κ3) is 7.12. The van der Waals surface area contributed by atoms with E-state index in [-0.39, 0.29) is 5.75 Å². The molecule has 5 nitrogen and oxygen atoms in total. The molecule has 1 heterocycles. The number of nitrogens with zero attached hydrogens (tertiary/aromatic N) is 1. The van der Waals surface area contributed by atoms with Crippen molar-refractivity contribution >= 4 is 15.7 Å². The number of hydrogen-bond acceptors (Lipinski definition) is 4. The van der Waals surface area contributed by atoms with Crippen molar-refractivity contribution in [2.24, 2.45) is 0 Å². The summed E-state index contributed by atoms with van der Waals surface area (Å²) >= 11 is 0. The zero-order valence-electron chi connectivity index (χ0n) is 11.8. The van der Waals surface area contributed by atoms with Gasteiger partial charge in [0.05, 0.1) is 17.6 Å². The maximum absolute atomic E-state index is 11.8. The van der Waals surface area contributed by atoms with Gasteiger partial charge in [0.1, 0.15) is 0 Å². The summed E-state index contributed by atoms with van der Waals surface area (Å²) in [6, 6.07) is 3.94. The van der Waals surface area contributed by atoms with Crippen molar-refractivity contribution < 1.29 is 8.42 Å². The van der Waals surface area contributed by atoms with Crippen molar-refractivity contribution in [3.8, 4) is 0 Å². The first-order valence-electron chi connectivity index (χ1n) is 6.55. The summed E-state index contributed by atoms with van der Waals surface area (Å²) in [4.78, 5) is 4.06. The highest BCUT2D eigenvalue weighted by Crippen LogP contribution is 2.09. The summed E-state index contributed by atoms with van der Waals surface area (Å²) in [6.45, 7) is 6.85. The van der Waals surface area contributed by atoms with Gasteiger partial charge in [0.15, 0.2) is 0 Å². The SMILES string of the molecule is Cc1ccc(NS(=O)(=O)CCCCNC(C)C)cn1. The standard InChI is InChI=1S/C13H23N3O2S/c1-11(2)14-8-4-5-9-19(17,18)16-13-7-6-12(3)15-10-13/h6-7,10-11,14,16H,4-5,8-9H2,1-3H3. The molecule has 0 fully saturated rings. The van der Waals surface area contributed by atoms with Crippen LogP contribution in [0.2, 0.25) is 0 Å². The predicted octanol–water partition coefficient (Wildman–Crippen LogP) is 1.91. The maximum atomic E-state index is 11.8. The molecule has 2 N–H and O–H groups in total. The molecule has 0 aliphatic heterocycles. The van der Waals surface area contributed by atoms with Gasteiger partial charge in [-0.05, 0) is 38.4 Å². The van der Waals surface area contributed by atoms with E-state index in [2.05, 4.69) is 28.9 Å². The summed E-state index contributed by atoms with van der Waals surface area (Å²) < 4.78 is 26.2. The van der Waals surface area contributed by atoms with Crippen molar-refractivity contribution in [1.82, 2.24) is 10.3 Å². The number of aromatic nitrogens is 1. The van der Waals surface area contributed by atoms with Crippen LogP contribution in [0.25, 0.3) is 0 Å². The minimum atomic E-state index is -3.27. The van der Waals surface area contributed by atoms with Gasteiger partial charge in [-0.25, -0.2) is 8.42 Å². The molecule has 108 valence electrons. The third-order valence-electron chi connectivity index (χ3n) is 2.58. The number of sulfonamides is 1. The first-order valence-corrected chi connectivity index (χ1v) is 8.21. The molecule has 0 aliphatic carbocycles. The molecule has 0 radical (unpaired) electrons. The topological polar surface area (TPSA) is 71.1 Å². The average Bonchev–Trinajstić information content (AvgIpc) is 2.31. The Balaban J connectivity index is 2.34. The van der Waals surface area contributed by atoms with E-state index >= 15 is 0 Å². The number of aryl methyl sites for hydroxylation is 1. The van der Waals surface area contributed by atoms with Crippen LogP contribution >= 0.6 is 0 Å². The zero-order valence-corrected chi connectivity index (χ0v) is 12.6. The van der Waals surface area contributed by atoms with E-state index in [1.165, 1.54) is 6.20 Å². The lowest BCUT2D eigenvalue weighted by Gasteiger charge is -2.09. The molecule has 0 spiro atoms. The van der Waals surface area contributed by atoms with Gasteiger partial charge in [-0.1, -0.05) is 13.8 Å². The Hall–Kier alpha value is -1.14. The minimum Gasteiger partial charge on any atom is -0.315 e. The highest BCUT2D eigenvalue weighted by molar-refractivity contribution is 7.92. The number of nitrogens with one attached hydrogen (secondary N) is 2. The summed E-state index contributed by atoms with van der Waals surface area (Å²) in [7, 11) is -3.27. The van der Waals surface area contributed by atoms with Gasteiger partial charge in [-0.3, -0.25) is 9.71 Å². The van der Waals surface area contributed by atoms with E-state index in [1.807, 2.05) is 6.92 Å². The van der Waals surface area contributed by atoms with E-state index in [0.717, 1.165) is 18.7 Å². The average molecular weight is 285 g/mol. The van der Waals surface area contributed by atoms with Crippen LogP contribution in [0, 0.1) is 6.92 Å². The van der Waals surface area contributed by atoms with Gasteiger partial charge in [0.2, 0.25) is 10.0 Å². The smallest absolute Gasteiger partial charge is 0.232 e. The van der Waals surface area contributed by atoms with Crippen molar-refractivity contribution in [2.45, 2.75) is 39.7 Å². The van der Waals surface area contributed by atoms with Gasteiger partial charge in [-0.15, -0.1) is 0 Å². The van der Waals surface area contributed by atoms with Crippen LogP contribution in [0.4, 0.5) is 5.69 Å². The molecule has 19 heavy (non-hydrogen) atoms. The van der Waals surface area contributed by atoms with Crippen LogP contribution in [-0.2, 0) is 10.0 Å². The van der Waals surface area contributed by atoms with Crippen molar-refractivity contribution in [2.75, 3.05) is 17.0 Å². The molecule has 0 bridgehead atoms. The Kier molecular flexibility index (Phi) is 6.24. The normalized spacial score (nSPS) is 11.8. The quantitative estimate of drug-likeness (QED) is 0.716. The number of pyridine rings is 1. The molecule has 0 saturated carbocycles. The number of unbranched alkanes of at least 4 members (excludes halogenated alkanes) is 1. The number of anilines is 1. The first kappa shape index (κ1) is 15.9. The van der Waals surface area contributed by atoms with Gasteiger partial charge in [-0.2, -0.15) is 0 Å². The molecule has 0 aliphatic rings. The molecule has 0 aromatic carbocycles. The van der Waals surface area contributed by atoms with Gasteiger partial charge < -0.3 is 5.32 Å². The summed E-state index contributed by atoms with van der Waals surface area (Å²) in [5, 5.41) is 3.26. The molecule has 6 heteroatoms. The van der Waals surface area contributed by atoms with E-state index in [0.29, 0.717) is 18.2 Å². The largest absolute Gasteiger partial charge is 0.315 e. The molecule has 0 saturated heterocycles. The van der Waals surface area contributed by atoms with E-state index in [4.69, 9.17) is 0 Å². The second-order valence-electron chi connectivity index (χ2n) is 4.93. The monoisotopic (exact) mass is 285 g/mol. The minimum absolute atomic E-state index is 0.140. The lowest BCUT2D eigenvalue weighted by atomic mass is 10.3. The van der Waals surface area contributed by atoms with E-state index in [9.17, 15) is 8.42 Å². The highest BCUT2D eigenvalue weighted by atomic mass is 32.2. The Bertz CT molecular complexity index is 469. The van der Waals surface area contributed by atoms with E-state index < -0.39 is 10.0 Å². The van der Waals surface area contributed by atoms with Crippen LogP contribution in [0.5, 0.6) is 0 Å². The zero-order chi connectivity index (χ0) is 14.3. The fourth-order valence-corrected chi connectivity index (χ4v) is 2.73. The molecular formula is C13H23N3O2S. The number of rotatable bonds is 8. The second kappa shape index (κ2) is 7.45. The fraction of sp³-hybridized carbons (Fsp3) is 0.615. The van der Waals surface area contributed by atoms with Gasteiger partial charge in [0, 0.05) is 11.7 Å². The summed E-state index contributed by atoms with van der Waals surface area (Å²) in [6.07, 6.45) is 3.03. The molecule has 0 amide bonds. The lowest BCUT2D eigenvalue weighted by Crippen LogP contribution is -2.24. The Morgan fingerprint density at radius 3 is 2.58 bits per heavy atom. The Morgan fingerprint density at radius 2 is 2.00 bits per heavy atom. The Morgan fingerprint density at radius 1 is 1.26 bits per heavy atom. The molecule has 1 aromatic heterocycles. The molecule has 1 rings (SSSR count). The Labute approximate surface area is 115 Å². The summed E-state index contributed by atoms with van der Waals surface area (Å²) in [5.41, 5.74) is 1.38. The third-order valence-corrected chi connectivity index (χ3v) is 3.95. The second-order valence-corrected chi connectivity index (χ2v) is 6.77. The maximum Gasteiger partial charge on any atom is 0.232 e. The van der Waals surface area contributed by atoms with Crippen LogP contribution in [0.1, 0.15) is 32.4 Å².